The fourth-order valence-electron chi connectivity index (χ4n) is 3.88. The van der Waals surface area contributed by atoms with E-state index in [2.05, 4.69) is 70.0 Å². The summed E-state index contributed by atoms with van der Waals surface area (Å²) in [6.07, 6.45) is 0. The third kappa shape index (κ3) is 4.08. The second kappa shape index (κ2) is 7.98. The number of aromatic nitrogens is 6. The summed E-state index contributed by atoms with van der Waals surface area (Å²) in [7, 11) is 0. The summed E-state index contributed by atoms with van der Waals surface area (Å²) in [6, 6.07) is 12.2. The molecule has 0 saturated carbocycles. The third-order valence-corrected chi connectivity index (χ3v) is 5.75. The van der Waals surface area contributed by atoms with Gasteiger partial charge in [-0.1, -0.05) is 55.8 Å². The highest BCUT2D eigenvalue weighted by Gasteiger charge is 2.24. The van der Waals surface area contributed by atoms with E-state index in [-0.39, 0.29) is 5.41 Å². The first-order valence-electron chi connectivity index (χ1n) is 11.0. The highest BCUT2D eigenvalue weighted by molar-refractivity contribution is 5.54. The number of piperazine rings is 1. The SMILES string of the molecule is Cc1ccc(-c2noc(CN3CCN(c4ccc5nnc(C(C)(C)C)n5n4)CC3)n2)cc1. The van der Waals surface area contributed by atoms with Crippen LogP contribution >= 0.6 is 0 Å². The molecule has 32 heavy (non-hydrogen) atoms. The smallest absolute Gasteiger partial charge is 0.241 e. The molecule has 166 valence electrons. The summed E-state index contributed by atoms with van der Waals surface area (Å²) in [5.41, 5.74) is 2.84. The van der Waals surface area contributed by atoms with E-state index < -0.39 is 0 Å². The molecule has 0 aliphatic carbocycles. The zero-order chi connectivity index (χ0) is 22.3. The molecule has 1 saturated heterocycles. The van der Waals surface area contributed by atoms with Crippen LogP contribution in [0.1, 0.15) is 38.0 Å². The minimum Gasteiger partial charge on any atom is -0.353 e. The van der Waals surface area contributed by atoms with Crippen LogP contribution in [0.15, 0.2) is 40.9 Å². The number of nitrogens with zero attached hydrogens (tertiary/aromatic N) is 8. The summed E-state index contributed by atoms with van der Waals surface area (Å²) < 4.78 is 7.37. The van der Waals surface area contributed by atoms with Crippen molar-refractivity contribution in [1.29, 1.82) is 0 Å². The van der Waals surface area contributed by atoms with E-state index in [1.165, 1.54) is 5.56 Å². The lowest BCUT2D eigenvalue weighted by molar-refractivity contribution is 0.215. The lowest BCUT2D eigenvalue weighted by Crippen LogP contribution is -2.46. The molecule has 9 nitrogen and oxygen atoms in total. The second-order valence-corrected chi connectivity index (χ2v) is 9.38. The van der Waals surface area contributed by atoms with Crippen molar-refractivity contribution in [2.75, 3.05) is 31.1 Å². The van der Waals surface area contributed by atoms with Gasteiger partial charge in [-0.3, -0.25) is 4.90 Å². The van der Waals surface area contributed by atoms with Gasteiger partial charge in [0.1, 0.15) is 5.82 Å². The Balaban J connectivity index is 1.23. The lowest BCUT2D eigenvalue weighted by Gasteiger charge is -2.34. The molecule has 3 aromatic heterocycles. The standard InChI is InChI=1S/C23H28N8O/c1-16-5-7-17(8-6-16)21-24-20(32-28-21)15-29-11-13-30(14-12-29)19-10-9-18-25-26-22(23(2,3)4)31(18)27-19/h5-10H,11-15H2,1-4H3. The van der Waals surface area contributed by atoms with Gasteiger partial charge in [0.25, 0.3) is 0 Å². The van der Waals surface area contributed by atoms with Crippen LogP contribution in [-0.2, 0) is 12.0 Å². The minimum atomic E-state index is -0.120. The summed E-state index contributed by atoms with van der Waals surface area (Å²) in [5, 5.41) is 17.6. The molecule has 4 heterocycles. The molecule has 0 radical (unpaired) electrons. The van der Waals surface area contributed by atoms with Gasteiger partial charge in [-0.2, -0.15) is 9.50 Å². The van der Waals surface area contributed by atoms with Crippen LogP contribution in [0.3, 0.4) is 0 Å². The molecule has 1 aromatic carbocycles. The van der Waals surface area contributed by atoms with Gasteiger partial charge in [0.15, 0.2) is 11.5 Å². The summed E-state index contributed by atoms with van der Waals surface area (Å²) in [4.78, 5) is 9.21. The topological polar surface area (TPSA) is 88.5 Å². The van der Waals surface area contributed by atoms with Crippen LogP contribution in [0, 0.1) is 6.92 Å². The van der Waals surface area contributed by atoms with E-state index in [4.69, 9.17) is 9.62 Å². The maximum Gasteiger partial charge on any atom is 0.241 e. The molecule has 0 atom stereocenters. The lowest BCUT2D eigenvalue weighted by atomic mass is 9.96. The predicted octanol–water partition coefficient (Wildman–Crippen LogP) is 3.10. The number of aryl methyl sites for hydroxylation is 1. The Bertz CT molecular complexity index is 1210. The van der Waals surface area contributed by atoms with E-state index in [1.54, 1.807) is 0 Å². The van der Waals surface area contributed by atoms with Crippen molar-refractivity contribution < 1.29 is 4.52 Å². The molecule has 0 spiro atoms. The number of fused-ring (bicyclic) bond motifs is 1. The fourth-order valence-corrected chi connectivity index (χ4v) is 3.88. The number of benzene rings is 1. The minimum absolute atomic E-state index is 0.120. The molecule has 4 aromatic rings. The first kappa shape index (κ1) is 20.6. The van der Waals surface area contributed by atoms with Crippen LogP contribution in [0.25, 0.3) is 17.0 Å². The van der Waals surface area contributed by atoms with Crippen LogP contribution in [-0.4, -0.2) is 61.0 Å². The van der Waals surface area contributed by atoms with Crippen molar-refractivity contribution in [3.8, 4) is 11.4 Å². The van der Waals surface area contributed by atoms with E-state index in [1.807, 2.05) is 28.8 Å². The van der Waals surface area contributed by atoms with Gasteiger partial charge in [-0.05, 0) is 19.1 Å². The average Bonchev–Trinajstić information content (AvgIpc) is 3.41. The molecule has 1 fully saturated rings. The highest BCUT2D eigenvalue weighted by Crippen LogP contribution is 2.22. The number of rotatable bonds is 4. The van der Waals surface area contributed by atoms with Gasteiger partial charge in [0.05, 0.1) is 6.54 Å². The monoisotopic (exact) mass is 432 g/mol. The van der Waals surface area contributed by atoms with Gasteiger partial charge in [-0.15, -0.1) is 15.3 Å². The van der Waals surface area contributed by atoms with E-state index >= 15 is 0 Å². The van der Waals surface area contributed by atoms with E-state index in [0.29, 0.717) is 18.3 Å². The average molecular weight is 433 g/mol. The first-order valence-corrected chi connectivity index (χ1v) is 11.0. The molecule has 0 N–H and O–H groups in total. The van der Waals surface area contributed by atoms with Crippen LogP contribution in [0.4, 0.5) is 5.82 Å². The molecular formula is C23H28N8O. The first-order chi connectivity index (χ1) is 15.4. The number of hydrogen-bond acceptors (Lipinski definition) is 8. The Morgan fingerprint density at radius 1 is 0.938 bits per heavy atom. The molecule has 9 heteroatoms. The van der Waals surface area contributed by atoms with Crippen molar-refractivity contribution in [3.63, 3.8) is 0 Å². The zero-order valence-electron chi connectivity index (χ0n) is 19.0. The Labute approximate surface area is 187 Å². The quantitative estimate of drug-likeness (QED) is 0.486. The van der Waals surface area contributed by atoms with Gasteiger partial charge in [0.2, 0.25) is 11.7 Å². The van der Waals surface area contributed by atoms with Crippen molar-refractivity contribution in [1.82, 2.24) is 34.9 Å². The van der Waals surface area contributed by atoms with Crippen molar-refractivity contribution in [3.05, 3.63) is 53.7 Å². The maximum absolute atomic E-state index is 5.50. The van der Waals surface area contributed by atoms with Crippen molar-refractivity contribution in [2.24, 2.45) is 0 Å². The van der Waals surface area contributed by atoms with Crippen LogP contribution in [0.5, 0.6) is 0 Å². The van der Waals surface area contributed by atoms with Crippen LogP contribution < -0.4 is 4.90 Å². The second-order valence-electron chi connectivity index (χ2n) is 9.38. The van der Waals surface area contributed by atoms with E-state index in [9.17, 15) is 0 Å². The molecule has 1 aliphatic rings. The Hall–Kier alpha value is -3.33. The zero-order valence-corrected chi connectivity index (χ0v) is 19.0. The molecule has 0 unspecified atom stereocenters. The normalized spacial score (nSPS) is 15.6. The predicted molar refractivity (Wildman–Crippen MR) is 121 cm³/mol. The van der Waals surface area contributed by atoms with Gasteiger partial charge < -0.3 is 9.42 Å². The van der Waals surface area contributed by atoms with Gasteiger partial charge >= 0.3 is 0 Å². The van der Waals surface area contributed by atoms with Gasteiger partial charge in [-0.25, -0.2) is 0 Å². The molecule has 0 bridgehead atoms. The fraction of sp³-hybridized carbons (Fsp3) is 0.435. The van der Waals surface area contributed by atoms with E-state index in [0.717, 1.165) is 49.0 Å². The largest absolute Gasteiger partial charge is 0.353 e. The Kier molecular flexibility index (Phi) is 5.13. The molecule has 5 rings (SSSR count). The van der Waals surface area contributed by atoms with Crippen molar-refractivity contribution in [2.45, 2.75) is 39.7 Å². The number of hydrogen-bond donors (Lipinski definition) is 0. The summed E-state index contributed by atoms with van der Waals surface area (Å²) >= 11 is 0. The molecule has 1 aliphatic heterocycles. The third-order valence-electron chi connectivity index (χ3n) is 5.75. The molecule has 0 amide bonds. The highest BCUT2D eigenvalue weighted by atomic mass is 16.5. The van der Waals surface area contributed by atoms with Crippen LogP contribution in [0.2, 0.25) is 0 Å². The summed E-state index contributed by atoms with van der Waals surface area (Å²) in [6.45, 7) is 12.6. The van der Waals surface area contributed by atoms with Crippen molar-refractivity contribution >= 4 is 11.5 Å². The number of anilines is 1. The maximum atomic E-state index is 5.50. The Morgan fingerprint density at radius 3 is 2.41 bits per heavy atom. The Morgan fingerprint density at radius 2 is 1.69 bits per heavy atom. The molecular weight excluding hydrogens is 404 g/mol. The van der Waals surface area contributed by atoms with Gasteiger partial charge in [0, 0.05) is 37.2 Å². The summed E-state index contributed by atoms with van der Waals surface area (Å²) in [5.74, 6) is 3.10.